The maximum absolute atomic E-state index is 12.9. The molecule has 83 heavy (non-hydrogen) atoms. The molecule has 0 saturated heterocycles. The highest BCUT2D eigenvalue weighted by Crippen LogP contribution is 2.18. The van der Waals surface area contributed by atoms with E-state index in [9.17, 15) is 14.4 Å². The van der Waals surface area contributed by atoms with Crippen LogP contribution in [0.1, 0.15) is 367 Å². The fraction of sp³-hybridized carbons (Fsp3) is 0.779. The summed E-state index contributed by atoms with van der Waals surface area (Å²) in [7, 11) is 0. The van der Waals surface area contributed by atoms with Crippen molar-refractivity contribution in [1.82, 2.24) is 0 Å². The molecule has 1 atom stereocenters. The molecule has 6 nitrogen and oxygen atoms in total. The molecule has 480 valence electrons. The zero-order valence-electron chi connectivity index (χ0n) is 55.2. The zero-order valence-corrected chi connectivity index (χ0v) is 55.2. The van der Waals surface area contributed by atoms with Crippen molar-refractivity contribution < 1.29 is 28.6 Å². The molecule has 0 aromatic rings. The van der Waals surface area contributed by atoms with Gasteiger partial charge in [0.25, 0.3) is 0 Å². The molecular formula is C77H136O6. The molecule has 0 aromatic heterocycles. The fourth-order valence-electron chi connectivity index (χ4n) is 10.5. The van der Waals surface area contributed by atoms with Crippen LogP contribution < -0.4 is 0 Å². The summed E-state index contributed by atoms with van der Waals surface area (Å²) in [6.07, 6.45) is 95.1. The predicted octanol–water partition coefficient (Wildman–Crippen LogP) is 25.0. The van der Waals surface area contributed by atoms with Gasteiger partial charge in [0.1, 0.15) is 13.2 Å². The molecule has 0 spiro atoms. The summed E-state index contributed by atoms with van der Waals surface area (Å²) in [6, 6.07) is 0. The van der Waals surface area contributed by atoms with Crippen molar-refractivity contribution in [3.8, 4) is 0 Å². The van der Waals surface area contributed by atoms with E-state index in [4.69, 9.17) is 14.2 Å². The molecule has 6 heteroatoms. The van der Waals surface area contributed by atoms with E-state index >= 15 is 0 Å². The molecule has 0 radical (unpaired) electrons. The normalized spacial score (nSPS) is 12.6. The van der Waals surface area contributed by atoms with Crippen LogP contribution in [0, 0.1) is 0 Å². The first-order chi connectivity index (χ1) is 41.0. The van der Waals surface area contributed by atoms with Gasteiger partial charge in [0.05, 0.1) is 0 Å². The number of esters is 3. The summed E-state index contributed by atoms with van der Waals surface area (Å²) >= 11 is 0. The molecule has 0 rings (SSSR count). The smallest absolute Gasteiger partial charge is 0.306 e. The number of ether oxygens (including phenoxy) is 3. The average Bonchev–Trinajstić information content (AvgIpc) is 3.49. The van der Waals surface area contributed by atoms with Gasteiger partial charge in [-0.1, -0.05) is 337 Å². The molecule has 0 amide bonds. The molecule has 0 aromatic carbocycles. The van der Waals surface area contributed by atoms with Gasteiger partial charge in [0.15, 0.2) is 6.10 Å². The van der Waals surface area contributed by atoms with E-state index < -0.39 is 6.10 Å². The Balaban J connectivity index is 4.00. The number of hydrogen-bond acceptors (Lipinski definition) is 6. The Morgan fingerprint density at radius 1 is 0.253 bits per heavy atom. The molecule has 0 saturated carbocycles. The van der Waals surface area contributed by atoms with E-state index in [1.54, 1.807) is 0 Å². The van der Waals surface area contributed by atoms with E-state index in [1.165, 1.54) is 225 Å². The molecule has 1 unspecified atom stereocenters. The third-order valence-electron chi connectivity index (χ3n) is 15.9. The lowest BCUT2D eigenvalue weighted by Crippen LogP contribution is -2.30. The number of carbonyl (C=O) groups is 3. The SMILES string of the molecule is CC/C=C\C/C=C\C/C=C\C/C=C\CCCCCCCCCCCCCCCCCCCCCCCCC(=O)OCC(COC(=O)CCCCCCCCC)OC(=O)CCCCCCCCCC/C=C\C/C=C\C/C=C\CCCCCCC. The largest absolute Gasteiger partial charge is 0.462 e. The van der Waals surface area contributed by atoms with E-state index in [0.29, 0.717) is 19.3 Å². The van der Waals surface area contributed by atoms with E-state index in [-0.39, 0.29) is 31.1 Å². The van der Waals surface area contributed by atoms with Gasteiger partial charge >= 0.3 is 17.9 Å². The first-order valence-electron chi connectivity index (χ1n) is 36.1. The van der Waals surface area contributed by atoms with Crippen molar-refractivity contribution in [3.05, 3.63) is 85.1 Å². The number of carbonyl (C=O) groups excluding carboxylic acids is 3. The predicted molar refractivity (Wildman–Crippen MR) is 362 cm³/mol. The molecule has 0 fully saturated rings. The molecule has 0 bridgehead atoms. The van der Waals surface area contributed by atoms with Crippen molar-refractivity contribution in [2.24, 2.45) is 0 Å². The molecule has 0 N–H and O–H groups in total. The minimum atomic E-state index is -0.776. The van der Waals surface area contributed by atoms with Crippen LogP contribution in [-0.4, -0.2) is 37.2 Å². The summed E-state index contributed by atoms with van der Waals surface area (Å²) in [6.45, 7) is 6.51. The van der Waals surface area contributed by atoms with Crippen molar-refractivity contribution in [1.29, 1.82) is 0 Å². The van der Waals surface area contributed by atoms with Gasteiger partial charge in [-0.15, -0.1) is 0 Å². The third-order valence-corrected chi connectivity index (χ3v) is 15.9. The van der Waals surface area contributed by atoms with Gasteiger partial charge in [-0.05, 0) is 96.3 Å². The van der Waals surface area contributed by atoms with Crippen molar-refractivity contribution in [3.63, 3.8) is 0 Å². The van der Waals surface area contributed by atoms with Gasteiger partial charge in [-0.25, -0.2) is 0 Å². The number of hydrogen-bond donors (Lipinski definition) is 0. The molecule has 0 aliphatic rings. The summed E-state index contributed by atoms with van der Waals surface area (Å²) in [5.74, 6) is -0.869. The van der Waals surface area contributed by atoms with Gasteiger partial charge in [0, 0.05) is 19.3 Å². The van der Waals surface area contributed by atoms with Crippen LogP contribution in [0.25, 0.3) is 0 Å². The Labute approximate surface area is 515 Å². The Kier molecular flexibility index (Phi) is 68.2. The van der Waals surface area contributed by atoms with Crippen molar-refractivity contribution in [2.45, 2.75) is 374 Å². The monoisotopic (exact) mass is 1160 g/mol. The quantitative estimate of drug-likeness (QED) is 0.0261. The molecule has 0 heterocycles. The van der Waals surface area contributed by atoms with Crippen LogP contribution in [0.2, 0.25) is 0 Å². The Morgan fingerprint density at radius 3 is 0.735 bits per heavy atom. The first-order valence-corrected chi connectivity index (χ1v) is 36.1. The number of rotatable bonds is 66. The standard InChI is InChI=1S/C77H136O6/c1-4-7-10-13-16-18-20-22-24-26-28-30-32-33-34-35-36-37-38-39-40-41-42-43-45-46-48-50-52-54-56-58-61-64-67-70-76(79)82-73-74(72-81-75(78)69-66-63-60-15-12-9-6-3)83-77(80)71-68-65-62-59-57-55-53-51-49-47-44-31-29-27-25-23-21-19-17-14-11-8-5-2/h7,10,16,18,21-24,27-30,44,47,74H,4-6,8-9,11-15,17,19-20,25-26,31-43,45-46,48-73H2,1-3H3/b10-7-,18-16-,23-21-,24-22-,29-27-,30-28-,47-44-. The van der Waals surface area contributed by atoms with Crippen LogP contribution >= 0.6 is 0 Å². The summed E-state index contributed by atoms with van der Waals surface area (Å²) in [5, 5.41) is 0. The molecule has 0 aliphatic carbocycles. The second-order valence-corrected chi connectivity index (χ2v) is 24.1. The molecule has 0 aliphatic heterocycles. The van der Waals surface area contributed by atoms with Crippen molar-refractivity contribution >= 4 is 17.9 Å². The highest BCUT2D eigenvalue weighted by atomic mass is 16.6. The third kappa shape index (κ3) is 69.3. The lowest BCUT2D eigenvalue weighted by molar-refractivity contribution is -0.167. The van der Waals surface area contributed by atoms with Gasteiger partial charge in [-0.3, -0.25) is 14.4 Å². The highest BCUT2D eigenvalue weighted by Gasteiger charge is 2.19. The first kappa shape index (κ1) is 79.6. The van der Waals surface area contributed by atoms with Gasteiger partial charge in [-0.2, -0.15) is 0 Å². The minimum Gasteiger partial charge on any atom is -0.462 e. The van der Waals surface area contributed by atoms with E-state index in [1.807, 2.05) is 0 Å². The van der Waals surface area contributed by atoms with Crippen LogP contribution in [0.4, 0.5) is 0 Å². The summed E-state index contributed by atoms with van der Waals surface area (Å²) in [5.41, 5.74) is 0. The summed E-state index contributed by atoms with van der Waals surface area (Å²) < 4.78 is 16.9. The fourth-order valence-corrected chi connectivity index (χ4v) is 10.5. The van der Waals surface area contributed by atoms with E-state index in [2.05, 4.69) is 106 Å². The highest BCUT2D eigenvalue weighted by molar-refractivity contribution is 5.71. The number of allylic oxidation sites excluding steroid dienone is 14. The second-order valence-electron chi connectivity index (χ2n) is 24.1. The Hall–Kier alpha value is -3.41. The van der Waals surface area contributed by atoms with E-state index in [0.717, 1.165) is 103 Å². The lowest BCUT2D eigenvalue weighted by Gasteiger charge is -2.18. The van der Waals surface area contributed by atoms with Crippen LogP contribution in [-0.2, 0) is 28.6 Å². The van der Waals surface area contributed by atoms with Crippen LogP contribution in [0.3, 0.4) is 0 Å². The van der Waals surface area contributed by atoms with Crippen LogP contribution in [0.15, 0.2) is 85.1 Å². The van der Waals surface area contributed by atoms with Crippen LogP contribution in [0.5, 0.6) is 0 Å². The maximum Gasteiger partial charge on any atom is 0.306 e. The lowest BCUT2D eigenvalue weighted by atomic mass is 10.0. The number of unbranched alkanes of at least 4 members (excludes halogenated alkanes) is 41. The van der Waals surface area contributed by atoms with Crippen molar-refractivity contribution in [2.75, 3.05) is 13.2 Å². The topological polar surface area (TPSA) is 78.9 Å². The Morgan fingerprint density at radius 2 is 0.470 bits per heavy atom. The van der Waals surface area contributed by atoms with Gasteiger partial charge in [0.2, 0.25) is 0 Å². The Bertz CT molecular complexity index is 1570. The zero-order chi connectivity index (χ0) is 59.9. The molecular weight excluding hydrogens is 1020 g/mol. The maximum atomic E-state index is 12.9. The minimum absolute atomic E-state index is 0.0742. The average molecular weight is 1160 g/mol. The second kappa shape index (κ2) is 71.1. The van der Waals surface area contributed by atoms with Gasteiger partial charge < -0.3 is 14.2 Å². The summed E-state index contributed by atoms with van der Waals surface area (Å²) in [4.78, 5) is 38.2.